The van der Waals surface area contributed by atoms with E-state index in [1.165, 1.54) is 0 Å². The Morgan fingerprint density at radius 1 is 1.25 bits per heavy atom. The molecule has 0 bridgehead atoms. The zero-order valence-electron chi connectivity index (χ0n) is 6.23. The molecule has 12 heavy (non-hydrogen) atoms. The van der Waals surface area contributed by atoms with Gasteiger partial charge >= 0.3 is 0 Å². The van der Waals surface area contributed by atoms with Gasteiger partial charge in [0.1, 0.15) is 0 Å². The Morgan fingerprint density at radius 3 is 2.50 bits per heavy atom. The number of aliphatic hydroxyl groups is 1. The van der Waals surface area contributed by atoms with Crippen molar-refractivity contribution in [2.45, 2.75) is 6.10 Å². The lowest BCUT2D eigenvalue weighted by Crippen LogP contribution is -1.96. The second kappa shape index (κ2) is 3.52. The van der Waals surface area contributed by atoms with Crippen LogP contribution < -0.4 is 0 Å². The van der Waals surface area contributed by atoms with Gasteiger partial charge in [-0.25, -0.2) is 0 Å². The molecule has 1 aromatic rings. The van der Waals surface area contributed by atoms with Crippen molar-refractivity contribution >= 4 is 0 Å². The third kappa shape index (κ3) is 1.42. The molecule has 1 rings (SSSR count). The SMILES string of the molecule is N#Cc1ccccc1C(O)C#N. The first-order valence-electron chi connectivity index (χ1n) is 3.36. The van der Waals surface area contributed by atoms with Gasteiger partial charge in [0.25, 0.3) is 0 Å². The van der Waals surface area contributed by atoms with Crippen LogP contribution in [0.25, 0.3) is 0 Å². The lowest BCUT2D eigenvalue weighted by atomic mass is 10.0. The van der Waals surface area contributed by atoms with Crippen LogP contribution in [0.4, 0.5) is 0 Å². The fraction of sp³-hybridized carbons (Fsp3) is 0.111. The van der Waals surface area contributed by atoms with E-state index in [0.29, 0.717) is 11.1 Å². The van der Waals surface area contributed by atoms with Crippen LogP contribution in [0.3, 0.4) is 0 Å². The van der Waals surface area contributed by atoms with Gasteiger partial charge in [0, 0.05) is 5.56 Å². The van der Waals surface area contributed by atoms with Gasteiger partial charge in [0.15, 0.2) is 6.10 Å². The van der Waals surface area contributed by atoms with E-state index in [1.807, 2.05) is 6.07 Å². The zero-order valence-corrected chi connectivity index (χ0v) is 6.23. The number of benzene rings is 1. The molecular formula is C9H6N2O. The Balaban J connectivity index is 3.18. The Bertz CT molecular complexity index is 360. The van der Waals surface area contributed by atoms with Gasteiger partial charge in [-0.2, -0.15) is 10.5 Å². The van der Waals surface area contributed by atoms with Crippen molar-refractivity contribution in [2.24, 2.45) is 0 Å². The molecule has 0 aromatic heterocycles. The summed E-state index contributed by atoms with van der Waals surface area (Å²) >= 11 is 0. The van der Waals surface area contributed by atoms with Crippen LogP contribution in [0.2, 0.25) is 0 Å². The van der Waals surface area contributed by atoms with Crippen molar-refractivity contribution in [1.29, 1.82) is 10.5 Å². The molecule has 3 heteroatoms. The molecule has 0 radical (unpaired) electrons. The lowest BCUT2D eigenvalue weighted by molar-refractivity contribution is 0.235. The molecular weight excluding hydrogens is 152 g/mol. The summed E-state index contributed by atoms with van der Waals surface area (Å²) in [7, 11) is 0. The lowest BCUT2D eigenvalue weighted by Gasteiger charge is -2.02. The van der Waals surface area contributed by atoms with Gasteiger partial charge in [-0.05, 0) is 6.07 Å². The molecule has 0 saturated heterocycles. The van der Waals surface area contributed by atoms with Crippen molar-refractivity contribution in [2.75, 3.05) is 0 Å². The maximum absolute atomic E-state index is 9.13. The molecule has 0 amide bonds. The van der Waals surface area contributed by atoms with E-state index < -0.39 is 6.10 Å². The summed E-state index contributed by atoms with van der Waals surface area (Å²) in [6, 6.07) is 10.1. The summed E-state index contributed by atoms with van der Waals surface area (Å²) in [4.78, 5) is 0. The molecule has 1 unspecified atom stereocenters. The Hall–Kier alpha value is -1.84. The predicted molar refractivity (Wildman–Crippen MR) is 41.7 cm³/mol. The number of nitrogens with zero attached hydrogens (tertiary/aromatic N) is 2. The molecule has 0 fully saturated rings. The van der Waals surface area contributed by atoms with E-state index in [9.17, 15) is 0 Å². The van der Waals surface area contributed by atoms with Crippen LogP contribution in [-0.4, -0.2) is 5.11 Å². The van der Waals surface area contributed by atoms with Gasteiger partial charge in [0.05, 0.1) is 17.7 Å². The highest BCUT2D eigenvalue weighted by Gasteiger charge is 2.09. The number of nitriles is 2. The molecule has 0 aliphatic carbocycles. The number of hydrogen-bond acceptors (Lipinski definition) is 3. The van der Waals surface area contributed by atoms with E-state index in [2.05, 4.69) is 0 Å². The van der Waals surface area contributed by atoms with Gasteiger partial charge in [0.2, 0.25) is 0 Å². The fourth-order valence-corrected chi connectivity index (χ4v) is 0.907. The number of rotatable bonds is 1. The predicted octanol–water partition coefficient (Wildman–Crippen LogP) is 1.12. The summed E-state index contributed by atoms with van der Waals surface area (Å²) in [5.74, 6) is 0. The summed E-state index contributed by atoms with van der Waals surface area (Å²) in [5, 5.41) is 26.1. The molecule has 0 saturated carbocycles. The van der Waals surface area contributed by atoms with Crippen molar-refractivity contribution in [3.8, 4) is 12.1 Å². The molecule has 0 heterocycles. The number of aliphatic hydroxyl groups excluding tert-OH is 1. The van der Waals surface area contributed by atoms with Crippen LogP contribution in [0.5, 0.6) is 0 Å². The minimum Gasteiger partial charge on any atom is -0.374 e. The topological polar surface area (TPSA) is 67.8 Å². The molecule has 58 valence electrons. The van der Waals surface area contributed by atoms with E-state index in [0.717, 1.165) is 0 Å². The minimum absolute atomic E-state index is 0.339. The van der Waals surface area contributed by atoms with Crippen molar-refractivity contribution < 1.29 is 5.11 Å². The third-order valence-electron chi connectivity index (χ3n) is 1.50. The van der Waals surface area contributed by atoms with Crippen LogP contribution >= 0.6 is 0 Å². The minimum atomic E-state index is -1.21. The monoisotopic (exact) mass is 158 g/mol. The highest BCUT2D eigenvalue weighted by molar-refractivity contribution is 5.40. The second-order valence-electron chi connectivity index (χ2n) is 2.23. The highest BCUT2D eigenvalue weighted by atomic mass is 16.3. The van der Waals surface area contributed by atoms with Gasteiger partial charge < -0.3 is 5.11 Å². The molecule has 0 aliphatic rings. The van der Waals surface area contributed by atoms with Gasteiger partial charge in [-0.3, -0.25) is 0 Å². The maximum atomic E-state index is 9.13. The van der Waals surface area contributed by atoms with Crippen molar-refractivity contribution in [3.05, 3.63) is 35.4 Å². The van der Waals surface area contributed by atoms with Crippen LogP contribution in [0.1, 0.15) is 17.2 Å². The second-order valence-corrected chi connectivity index (χ2v) is 2.23. The number of hydrogen-bond donors (Lipinski definition) is 1. The molecule has 3 nitrogen and oxygen atoms in total. The zero-order chi connectivity index (χ0) is 8.97. The normalized spacial score (nSPS) is 11.2. The first-order valence-corrected chi connectivity index (χ1v) is 3.36. The molecule has 1 atom stereocenters. The van der Waals surface area contributed by atoms with Gasteiger partial charge in [-0.15, -0.1) is 0 Å². The summed E-state index contributed by atoms with van der Waals surface area (Å²) in [5.41, 5.74) is 0.703. The van der Waals surface area contributed by atoms with Crippen LogP contribution in [0.15, 0.2) is 24.3 Å². The van der Waals surface area contributed by atoms with E-state index in [-0.39, 0.29) is 0 Å². The van der Waals surface area contributed by atoms with Crippen molar-refractivity contribution in [1.82, 2.24) is 0 Å². The summed E-state index contributed by atoms with van der Waals surface area (Å²) < 4.78 is 0. The largest absolute Gasteiger partial charge is 0.374 e. The average molecular weight is 158 g/mol. The average Bonchev–Trinajstić information content (AvgIpc) is 2.16. The first kappa shape index (κ1) is 8.26. The Labute approximate surface area is 70.1 Å². The van der Waals surface area contributed by atoms with Gasteiger partial charge in [-0.1, -0.05) is 18.2 Å². The summed E-state index contributed by atoms with van der Waals surface area (Å²) in [6.45, 7) is 0. The Morgan fingerprint density at radius 2 is 1.92 bits per heavy atom. The quantitative estimate of drug-likeness (QED) is 0.622. The van der Waals surface area contributed by atoms with Crippen LogP contribution in [-0.2, 0) is 0 Å². The fourth-order valence-electron chi connectivity index (χ4n) is 0.907. The van der Waals surface area contributed by atoms with E-state index in [1.54, 1.807) is 30.3 Å². The maximum Gasteiger partial charge on any atom is 0.167 e. The molecule has 0 spiro atoms. The standard InChI is InChI=1S/C9H6N2O/c10-5-7-3-1-2-4-8(7)9(12)6-11/h1-4,9,12H. The Kier molecular flexibility index (Phi) is 2.42. The molecule has 1 aromatic carbocycles. The summed E-state index contributed by atoms with van der Waals surface area (Å²) in [6.07, 6.45) is -1.21. The molecule has 1 N–H and O–H groups in total. The smallest absolute Gasteiger partial charge is 0.167 e. The van der Waals surface area contributed by atoms with E-state index >= 15 is 0 Å². The van der Waals surface area contributed by atoms with Crippen LogP contribution in [0, 0.1) is 22.7 Å². The molecule has 0 aliphatic heterocycles. The first-order chi connectivity index (χ1) is 5.79. The third-order valence-corrected chi connectivity index (χ3v) is 1.50. The van der Waals surface area contributed by atoms with E-state index in [4.69, 9.17) is 15.6 Å². The highest BCUT2D eigenvalue weighted by Crippen LogP contribution is 2.15. The van der Waals surface area contributed by atoms with Crippen molar-refractivity contribution in [3.63, 3.8) is 0 Å².